The first-order chi connectivity index (χ1) is 15.8. The fourth-order valence-electron chi connectivity index (χ4n) is 4.67. The highest BCUT2D eigenvalue weighted by molar-refractivity contribution is 7.91. The van der Waals surface area contributed by atoms with Crippen LogP contribution in [0.25, 0.3) is 0 Å². The summed E-state index contributed by atoms with van der Waals surface area (Å²) in [5.74, 6) is 0.0198. The van der Waals surface area contributed by atoms with Gasteiger partial charge in [-0.3, -0.25) is 9.69 Å². The molecule has 33 heavy (non-hydrogen) atoms. The van der Waals surface area contributed by atoms with Crippen molar-refractivity contribution in [3.05, 3.63) is 76.1 Å². The molecule has 1 N–H and O–H groups in total. The van der Waals surface area contributed by atoms with E-state index in [0.29, 0.717) is 28.4 Å². The molecule has 172 valence electrons. The number of carbonyl (C=O) groups excluding carboxylic acids is 1. The Hall–Kier alpha value is -2.84. The van der Waals surface area contributed by atoms with Gasteiger partial charge in [-0.1, -0.05) is 42.8 Å². The summed E-state index contributed by atoms with van der Waals surface area (Å²) < 4.78 is 25.7. The molecule has 1 saturated heterocycles. The van der Waals surface area contributed by atoms with Crippen LogP contribution in [0.4, 0.5) is 11.4 Å². The van der Waals surface area contributed by atoms with Gasteiger partial charge >= 0.3 is 0 Å². The van der Waals surface area contributed by atoms with Crippen LogP contribution < -0.4 is 10.2 Å². The van der Waals surface area contributed by atoms with Crippen molar-refractivity contribution in [2.24, 2.45) is 0 Å². The second kappa shape index (κ2) is 8.18. The minimum atomic E-state index is -3.10. The number of amides is 1. The number of benzene rings is 2. The van der Waals surface area contributed by atoms with Crippen LogP contribution in [-0.2, 0) is 16.3 Å². The second-order valence-corrected chi connectivity index (χ2v) is 11.2. The summed E-state index contributed by atoms with van der Waals surface area (Å²) in [5.41, 5.74) is 4.55. The molecule has 2 atom stereocenters. The number of carbonyl (C=O) groups is 1. The molecule has 0 spiro atoms. The van der Waals surface area contributed by atoms with Gasteiger partial charge in [-0.15, -0.1) is 0 Å². The Bertz CT molecular complexity index is 1330. The lowest BCUT2D eigenvalue weighted by atomic mass is 10.0. The van der Waals surface area contributed by atoms with Crippen molar-refractivity contribution in [1.29, 1.82) is 0 Å². The van der Waals surface area contributed by atoms with E-state index in [0.717, 1.165) is 17.8 Å². The van der Waals surface area contributed by atoms with Crippen LogP contribution in [0.3, 0.4) is 0 Å². The maximum Gasteiger partial charge on any atom is 0.262 e. The third-order valence-electron chi connectivity index (χ3n) is 6.45. The molecule has 1 fully saturated rings. The van der Waals surface area contributed by atoms with Crippen LogP contribution in [-0.4, -0.2) is 35.6 Å². The van der Waals surface area contributed by atoms with Gasteiger partial charge in [0.25, 0.3) is 5.91 Å². The fourth-order valence-corrected chi connectivity index (χ4v) is 6.78. The lowest BCUT2D eigenvalue weighted by molar-refractivity contribution is 0.0975. The normalized spacial score (nSPS) is 21.7. The molecule has 7 nitrogen and oxygen atoms in total. The van der Waals surface area contributed by atoms with Crippen molar-refractivity contribution >= 4 is 38.7 Å². The van der Waals surface area contributed by atoms with Crippen molar-refractivity contribution in [1.82, 2.24) is 9.78 Å². The zero-order valence-corrected chi connectivity index (χ0v) is 20.0. The first-order valence-electron chi connectivity index (χ1n) is 11.0. The highest BCUT2D eigenvalue weighted by atomic mass is 35.5. The van der Waals surface area contributed by atoms with Gasteiger partial charge in [-0.2, -0.15) is 5.10 Å². The number of halogens is 1. The number of rotatable bonds is 4. The first-order valence-corrected chi connectivity index (χ1v) is 13.2. The minimum absolute atomic E-state index is 0.0231. The number of aromatic nitrogens is 2. The number of nitrogens with one attached hydrogen (secondary N) is 1. The predicted octanol–water partition coefficient (Wildman–Crippen LogP) is 4.54. The van der Waals surface area contributed by atoms with E-state index in [9.17, 15) is 13.2 Å². The standard InChI is InChI=1S/C24H25ClN4O3S/c1-3-16-8-10-17(11-9-16)28-23(26-20-7-5-4-6-19(20)24(28)30)21-15(2)27-29(22(21)25)18-12-13-33(31,32)14-18/h4-11,18,23,26H,3,12-14H2,1-2H3/t18-,23+/m1/s1. The molecule has 0 aliphatic carbocycles. The molecule has 3 heterocycles. The van der Waals surface area contributed by atoms with Crippen molar-refractivity contribution in [2.75, 3.05) is 21.7 Å². The molecular formula is C24H25ClN4O3S. The Labute approximate surface area is 198 Å². The molecule has 0 saturated carbocycles. The van der Waals surface area contributed by atoms with E-state index in [-0.39, 0.29) is 23.5 Å². The number of sulfone groups is 1. The van der Waals surface area contributed by atoms with Crippen LogP contribution in [0.5, 0.6) is 0 Å². The highest BCUT2D eigenvalue weighted by Crippen LogP contribution is 2.41. The van der Waals surface area contributed by atoms with E-state index < -0.39 is 16.0 Å². The predicted molar refractivity (Wildman–Crippen MR) is 130 cm³/mol. The van der Waals surface area contributed by atoms with Gasteiger partial charge in [-0.05, 0) is 49.6 Å². The Morgan fingerprint density at radius 2 is 1.88 bits per heavy atom. The second-order valence-electron chi connectivity index (χ2n) is 8.58. The minimum Gasteiger partial charge on any atom is -0.360 e. The van der Waals surface area contributed by atoms with E-state index in [4.69, 9.17) is 11.6 Å². The zero-order chi connectivity index (χ0) is 23.3. The van der Waals surface area contributed by atoms with E-state index in [2.05, 4.69) is 17.3 Å². The van der Waals surface area contributed by atoms with Crippen molar-refractivity contribution in [3.8, 4) is 0 Å². The fraction of sp³-hybridized carbons (Fsp3) is 0.333. The topological polar surface area (TPSA) is 84.3 Å². The average molecular weight is 485 g/mol. The quantitative estimate of drug-likeness (QED) is 0.587. The molecule has 3 aromatic rings. The van der Waals surface area contributed by atoms with Gasteiger partial charge in [0.1, 0.15) is 11.3 Å². The van der Waals surface area contributed by atoms with Crippen LogP contribution in [0.2, 0.25) is 5.15 Å². The number of anilines is 2. The van der Waals surface area contributed by atoms with E-state index in [1.807, 2.05) is 49.4 Å². The molecule has 2 aromatic carbocycles. The van der Waals surface area contributed by atoms with Crippen LogP contribution in [0.15, 0.2) is 48.5 Å². The summed E-state index contributed by atoms with van der Waals surface area (Å²) >= 11 is 6.84. The van der Waals surface area contributed by atoms with Gasteiger partial charge < -0.3 is 5.32 Å². The third kappa shape index (κ3) is 3.81. The smallest absolute Gasteiger partial charge is 0.262 e. The number of fused-ring (bicyclic) bond motifs is 1. The van der Waals surface area contributed by atoms with Crippen LogP contribution in [0, 0.1) is 6.92 Å². The van der Waals surface area contributed by atoms with Crippen LogP contribution in [0.1, 0.15) is 52.7 Å². The third-order valence-corrected chi connectivity index (χ3v) is 8.58. The molecule has 0 unspecified atom stereocenters. The molecule has 1 amide bonds. The van der Waals surface area contributed by atoms with Gasteiger partial charge in [-0.25, -0.2) is 13.1 Å². The van der Waals surface area contributed by atoms with Crippen molar-refractivity contribution in [2.45, 2.75) is 38.9 Å². The molecule has 9 heteroatoms. The van der Waals surface area contributed by atoms with Gasteiger partial charge in [0, 0.05) is 11.4 Å². The molecule has 1 aromatic heterocycles. The van der Waals surface area contributed by atoms with E-state index >= 15 is 0 Å². The van der Waals surface area contributed by atoms with Gasteiger partial charge in [0.15, 0.2) is 9.84 Å². The summed E-state index contributed by atoms with van der Waals surface area (Å²) in [6.45, 7) is 3.93. The lowest BCUT2D eigenvalue weighted by Gasteiger charge is -2.38. The lowest BCUT2D eigenvalue weighted by Crippen LogP contribution is -2.43. The van der Waals surface area contributed by atoms with Crippen molar-refractivity contribution in [3.63, 3.8) is 0 Å². The summed E-state index contributed by atoms with van der Waals surface area (Å²) in [5, 5.41) is 8.44. The highest BCUT2D eigenvalue weighted by Gasteiger charge is 2.39. The molecule has 2 aliphatic rings. The number of nitrogens with zero attached hydrogens (tertiary/aromatic N) is 3. The average Bonchev–Trinajstić information content (AvgIpc) is 3.31. The Kier molecular flexibility index (Phi) is 5.45. The summed E-state index contributed by atoms with van der Waals surface area (Å²) in [4.78, 5) is 15.4. The SMILES string of the molecule is CCc1ccc(N2C(=O)c3ccccc3N[C@@H]2c2c(C)nn([C@@H]3CCS(=O)(=O)C3)c2Cl)cc1. The Balaban J connectivity index is 1.62. The maximum absolute atomic E-state index is 13.7. The largest absolute Gasteiger partial charge is 0.360 e. The van der Waals surface area contributed by atoms with E-state index in [1.165, 1.54) is 5.56 Å². The summed E-state index contributed by atoms with van der Waals surface area (Å²) in [6, 6.07) is 15.0. The molecule has 5 rings (SSSR count). The molecule has 0 bridgehead atoms. The van der Waals surface area contributed by atoms with Crippen molar-refractivity contribution < 1.29 is 13.2 Å². The monoisotopic (exact) mass is 484 g/mol. The molecular weight excluding hydrogens is 460 g/mol. The van der Waals surface area contributed by atoms with E-state index in [1.54, 1.807) is 15.6 Å². The number of hydrogen-bond donors (Lipinski definition) is 1. The van der Waals surface area contributed by atoms with Crippen LogP contribution >= 0.6 is 11.6 Å². The van der Waals surface area contributed by atoms with Gasteiger partial charge in [0.05, 0.1) is 34.4 Å². The Morgan fingerprint density at radius 1 is 1.15 bits per heavy atom. The number of hydrogen-bond acceptors (Lipinski definition) is 5. The Morgan fingerprint density at radius 3 is 2.55 bits per heavy atom. The molecule has 2 aliphatic heterocycles. The summed E-state index contributed by atoms with van der Waals surface area (Å²) in [7, 11) is -3.10. The maximum atomic E-state index is 13.7. The van der Waals surface area contributed by atoms with Gasteiger partial charge in [0.2, 0.25) is 0 Å². The number of aryl methyl sites for hydroxylation is 2. The first kappa shape index (κ1) is 22.0. The number of para-hydroxylation sites is 1. The molecule has 0 radical (unpaired) electrons. The zero-order valence-electron chi connectivity index (χ0n) is 18.5. The summed E-state index contributed by atoms with van der Waals surface area (Å²) in [6.07, 6.45) is 0.796.